The maximum Gasteiger partial charge on any atom is 0.223 e. The number of hydrogen-bond acceptors (Lipinski definition) is 3. The number of nitrogen functional groups attached to an aromatic ring is 1. The normalized spacial score (nSPS) is 16.9. The van der Waals surface area contributed by atoms with Gasteiger partial charge < -0.3 is 5.73 Å². The number of benzene rings is 1. The van der Waals surface area contributed by atoms with Gasteiger partial charge in [-0.05, 0) is 25.0 Å². The zero-order chi connectivity index (χ0) is 12.4. The molecule has 2 aromatic rings. The summed E-state index contributed by atoms with van der Waals surface area (Å²) in [5.74, 6) is 1.89. The van der Waals surface area contributed by atoms with Gasteiger partial charge in [-0.25, -0.2) is 0 Å². The Morgan fingerprint density at radius 1 is 1.06 bits per heavy atom. The quantitative estimate of drug-likeness (QED) is 0.881. The minimum absolute atomic E-state index is 0.488. The predicted molar refractivity (Wildman–Crippen MR) is 71.6 cm³/mol. The van der Waals surface area contributed by atoms with Crippen LogP contribution in [0, 0.1) is 0 Å². The molecule has 1 heterocycles. The Bertz CT molecular complexity index is 512. The van der Waals surface area contributed by atoms with Crippen LogP contribution in [0.1, 0.15) is 43.8 Å². The summed E-state index contributed by atoms with van der Waals surface area (Å²) in [5, 5.41) is 4.58. The Balaban J connectivity index is 1.91. The molecule has 4 nitrogen and oxygen atoms in total. The maximum atomic E-state index is 5.97. The summed E-state index contributed by atoms with van der Waals surface area (Å²) in [6, 6.07) is 9.94. The summed E-state index contributed by atoms with van der Waals surface area (Å²) in [7, 11) is 0. The number of nitrogens with zero attached hydrogens (tertiary/aromatic N) is 3. The van der Waals surface area contributed by atoms with E-state index in [0.717, 1.165) is 11.5 Å². The highest BCUT2D eigenvalue weighted by atomic mass is 15.4. The van der Waals surface area contributed by atoms with Crippen LogP contribution in [-0.2, 0) is 0 Å². The lowest BCUT2D eigenvalue weighted by Gasteiger charge is -2.18. The zero-order valence-electron chi connectivity index (χ0n) is 10.4. The lowest BCUT2D eigenvalue weighted by molar-refractivity contribution is 0.428. The van der Waals surface area contributed by atoms with E-state index in [2.05, 4.69) is 10.1 Å². The summed E-state index contributed by atoms with van der Waals surface area (Å²) >= 11 is 0. The number of nitrogens with two attached hydrogens (primary N) is 1. The van der Waals surface area contributed by atoms with Gasteiger partial charge in [0.15, 0.2) is 5.82 Å². The van der Waals surface area contributed by atoms with Gasteiger partial charge in [0.2, 0.25) is 5.95 Å². The second-order valence-corrected chi connectivity index (χ2v) is 4.91. The Hall–Kier alpha value is -1.84. The largest absolute Gasteiger partial charge is 0.368 e. The minimum Gasteiger partial charge on any atom is -0.368 e. The summed E-state index contributed by atoms with van der Waals surface area (Å²) < 4.78 is 1.74. The summed E-state index contributed by atoms with van der Waals surface area (Å²) in [5.41, 5.74) is 6.95. The van der Waals surface area contributed by atoms with E-state index in [1.54, 1.807) is 4.68 Å². The molecule has 0 bridgehead atoms. The third-order valence-electron chi connectivity index (χ3n) is 3.62. The van der Waals surface area contributed by atoms with Crippen LogP contribution >= 0.6 is 0 Å². The van der Waals surface area contributed by atoms with Gasteiger partial charge in [0.25, 0.3) is 0 Å². The highest BCUT2D eigenvalue weighted by Crippen LogP contribution is 2.31. The fourth-order valence-corrected chi connectivity index (χ4v) is 2.63. The molecule has 2 N–H and O–H groups in total. The molecular formula is C14H18N4. The van der Waals surface area contributed by atoms with Crippen molar-refractivity contribution >= 4 is 5.95 Å². The van der Waals surface area contributed by atoms with Crippen molar-refractivity contribution in [1.82, 2.24) is 14.8 Å². The molecule has 3 rings (SSSR count). The molecule has 1 aromatic heterocycles. The molecule has 0 saturated heterocycles. The molecule has 1 aromatic carbocycles. The third kappa shape index (κ3) is 2.10. The van der Waals surface area contributed by atoms with E-state index in [4.69, 9.17) is 5.73 Å². The van der Waals surface area contributed by atoms with Gasteiger partial charge in [-0.15, -0.1) is 5.10 Å². The van der Waals surface area contributed by atoms with Crippen LogP contribution < -0.4 is 5.73 Å². The molecule has 1 aliphatic carbocycles. The first-order chi connectivity index (χ1) is 8.84. The smallest absolute Gasteiger partial charge is 0.223 e. The molecule has 0 spiro atoms. The van der Waals surface area contributed by atoms with Crippen molar-refractivity contribution in [2.24, 2.45) is 0 Å². The van der Waals surface area contributed by atoms with Gasteiger partial charge in [0.05, 0.1) is 5.69 Å². The first-order valence-electron chi connectivity index (χ1n) is 6.62. The lowest BCUT2D eigenvalue weighted by atomic mass is 9.89. The number of rotatable bonds is 2. The van der Waals surface area contributed by atoms with Gasteiger partial charge in [-0.3, -0.25) is 0 Å². The molecule has 4 heteroatoms. The van der Waals surface area contributed by atoms with Crippen LogP contribution in [0.4, 0.5) is 5.95 Å². The van der Waals surface area contributed by atoms with E-state index in [1.807, 2.05) is 30.3 Å². The third-order valence-corrected chi connectivity index (χ3v) is 3.62. The molecule has 1 saturated carbocycles. The average molecular weight is 242 g/mol. The van der Waals surface area contributed by atoms with Crippen LogP contribution in [-0.4, -0.2) is 14.8 Å². The Kier molecular flexibility index (Phi) is 3.00. The molecule has 0 atom stereocenters. The molecule has 0 unspecified atom stereocenters. The fraction of sp³-hybridized carbons (Fsp3) is 0.429. The van der Waals surface area contributed by atoms with Crippen LogP contribution in [0.25, 0.3) is 5.69 Å². The first-order valence-corrected chi connectivity index (χ1v) is 6.62. The highest BCUT2D eigenvalue weighted by molar-refractivity contribution is 5.37. The number of aromatic nitrogens is 3. The van der Waals surface area contributed by atoms with Crippen molar-refractivity contribution in [3.63, 3.8) is 0 Å². The van der Waals surface area contributed by atoms with Crippen LogP contribution in [0.3, 0.4) is 0 Å². The topological polar surface area (TPSA) is 56.7 Å². The van der Waals surface area contributed by atoms with E-state index in [0.29, 0.717) is 11.9 Å². The highest BCUT2D eigenvalue weighted by Gasteiger charge is 2.21. The number of hydrogen-bond donors (Lipinski definition) is 1. The lowest BCUT2D eigenvalue weighted by Crippen LogP contribution is -2.07. The van der Waals surface area contributed by atoms with E-state index < -0.39 is 0 Å². The van der Waals surface area contributed by atoms with Gasteiger partial charge in [-0.2, -0.15) is 9.67 Å². The van der Waals surface area contributed by atoms with Gasteiger partial charge >= 0.3 is 0 Å². The van der Waals surface area contributed by atoms with Crippen molar-refractivity contribution in [1.29, 1.82) is 0 Å². The molecule has 0 aliphatic heterocycles. The summed E-state index contributed by atoms with van der Waals surface area (Å²) in [6.07, 6.45) is 6.29. The monoisotopic (exact) mass is 242 g/mol. The molecule has 18 heavy (non-hydrogen) atoms. The van der Waals surface area contributed by atoms with E-state index >= 15 is 0 Å². The zero-order valence-corrected chi connectivity index (χ0v) is 10.4. The van der Waals surface area contributed by atoms with E-state index in [1.165, 1.54) is 32.1 Å². The van der Waals surface area contributed by atoms with Crippen molar-refractivity contribution in [2.75, 3.05) is 5.73 Å². The molecular weight excluding hydrogens is 224 g/mol. The van der Waals surface area contributed by atoms with Crippen molar-refractivity contribution < 1.29 is 0 Å². The van der Waals surface area contributed by atoms with Crippen LogP contribution in [0.2, 0.25) is 0 Å². The van der Waals surface area contributed by atoms with Crippen molar-refractivity contribution in [2.45, 2.75) is 38.0 Å². The second kappa shape index (κ2) is 4.80. The van der Waals surface area contributed by atoms with Crippen LogP contribution in [0.15, 0.2) is 30.3 Å². The molecule has 0 amide bonds. The molecule has 0 radical (unpaired) electrons. The first kappa shape index (κ1) is 11.3. The van der Waals surface area contributed by atoms with Gasteiger partial charge in [0.1, 0.15) is 0 Å². The molecule has 1 aliphatic rings. The van der Waals surface area contributed by atoms with Crippen molar-refractivity contribution in [3.05, 3.63) is 36.2 Å². The fourth-order valence-electron chi connectivity index (χ4n) is 2.63. The minimum atomic E-state index is 0.488. The maximum absolute atomic E-state index is 5.97. The Labute approximate surface area is 107 Å². The van der Waals surface area contributed by atoms with Crippen molar-refractivity contribution in [3.8, 4) is 5.69 Å². The molecule has 1 fully saturated rings. The second-order valence-electron chi connectivity index (χ2n) is 4.91. The van der Waals surface area contributed by atoms with Gasteiger partial charge in [-0.1, -0.05) is 37.5 Å². The van der Waals surface area contributed by atoms with Crippen LogP contribution in [0.5, 0.6) is 0 Å². The summed E-state index contributed by atoms with van der Waals surface area (Å²) in [6.45, 7) is 0. The average Bonchev–Trinajstić information content (AvgIpc) is 2.83. The number of anilines is 1. The van der Waals surface area contributed by atoms with Gasteiger partial charge in [0, 0.05) is 5.92 Å². The molecule has 94 valence electrons. The Morgan fingerprint density at radius 3 is 2.50 bits per heavy atom. The number of para-hydroxylation sites is 1. The van der Waals surface area contributed by atoms with E-state index in [-0.39, 0.29) is 0 Å². The summed E-state index contributed by atoms with van der Waals surface area (Å²) in [4.78, 5) is 4.44. The van der Waals surface area contributed by atoms with E-state index in [9.17, 15) is 0 Å². The SMILES string of the molecule is Nc1nc(C2CCCCC2)nn1-c1ccccc1. The standard InChI is InChI=1S/C14H18N4/c15-14-16-13(11-7-3-1-4-8-11)17-18(14)12-9-5-2-6-10-12/h2,5-6,9-11H,1,3-4,7-8H2,(H2,15,16,17). The predicted octanol–water partition coefficient (Wildman–Crippen LogP) is 2.90. The Morgan fingerprint density at radius 2 is 1.78 bits per heavy atom.